The Morgan fingerprint density at radius 3 is 2.79 bits per heavy atom. The molecule has 1 saturated heterocycles. The number of benzene rings is 1. The summed E-state index contributed by atoms with van der Waals surface area (Å²) in [4.78, 5) is 10.6. The molecule has 1 aromatic rings. The summed E-state index contributed by atoms with van der Waals surface area (Å²) in [5.74, 6) is 0. The SMILES string of the molecule is C=C[C@H]1C[C@@H](OCc2ccccc2)C[C@@H](CC=O)O1. The third-order valence-electron chi connectivity index (χ3n) is 3.34. The zero-order chi connectivity index (χ0) is 13.5. The van der Waals surface area contributed by atoms with Crippen LogP contribution in [0.5, 0.6) is 0 Å². The highest BCUT2D eigenvalue weighted by Gasteiger charge is 2.28. The lowest BCUT2D eigenvalue weighted by Crippen LogP contribution is -2.36. The van der Waals surface area contributed by atoms with E-state index in [1.54, 1.807) is 6.08 Å². The molecule has 0 N–H and O–H groups in total. The molecule has 0 bridgehead atoms. The van der Waals surface area contributed by atoms with Gasteiger partial charge in [-0.25, -0.2) is 0 Å². The maximum absolute atomic E-state index is 10.6. The van der Waals surface area contributed by atoms with E-state index in [1.807, 2.05) is 30.3 Å². The molecule has 102 valence electrons. The highest BCUT2D eigenvalue weighted by molar-refractivity contribution is 5.50. The Labute approximate surface area is 114 Å². The van der Waals surface area contributed by atoms with Crippen molar-refractivity contribution in [2.45, 2.75) is 44.2 Å². The van der Waals surface area contributed by atoms with Gasteiger partial charge in [0.25, 0.3) is 0 Å². The van der Waals surface area contributed by atoms with Crippen LogP contribution in [0.15, 0.2) is 43.0 Å². The average Bonchev–Trinajstić information content (AvgIpc) is 2.46. The number of aldehydes is 1. The summed E-state index contributed by atoms with van der Waals surface area (Å²) >= 11 is 0. The highest BCUT2D eigenvalue weighted by Crippen LogP contribution is 2.25. The molecule has 3 nitrogen and oxygen atoms in total. The van der Waals surface area contributed by atoms with Gasteiger partial charge in [-0.3, -0.25) is 0 Å². The van der Waals surface area contributed by atoms with Gasteiger partial charge in [0.2, 0.25) is 0 Å². The van der Waals surface area contributed by atoms with E-state index in [9.17, 15) is 4.79 Å². The fraction of sp³-hybridized carbons (Fsp3) is 0.438. The summed E-state index contributed by atoms with van der Waals surface area (Å²) in [7, 11) is 0. The Balaban J connectivity index is 1.87. The monoisotopic (exact) mass is 260 g/mol. The first-order valence-electron chi connectivity index (χ1n) is 6.69. The topological polar surface area (TPSA) is 35.5 Å². The Kier molecular flexibility index (Phi) is 5.31. The third kappa shape index (κ3) is 4.30. The number of ether oxygens (including phenoxy) is 2. The average molecular weight is 260 g/mol. The Morgan fingerprint density at radius 2 is 2.11 bits per heavy atom. The smallest absolute Gasteiger partial charge is 0.122 e. The molecule has 1 heterocycles. The molecule has 0 aliphatic carbocycles. The molecular formula is C16H20O3. The summed E-state index contributed by atoms with van der Waals surface area (Å²) in [5.41, 5.74) is 1.16. The first-order valence-corrected chi connectivity index (χ1v) is 6.69. The van der Waals surface area contributed by atoms with Gasteiger partial charge in [-0.1, -0.05) is 36.4 Å². The third-order valence-corrected chi connectivity index (χ3v) is 3.34. The fourth-order valence-electron chi connectivity index (χ4n) is 2.34. The molecule has 1 aliphatic rings. The number of carbonyl (C=O) groups excluding carboxylic acids is 1. The van der Waals surface area contributed by atoms with Crippen molar-refractivity contribution in [3.05, 3.63) is 48.6 Å². The molecule has 3 heteroatoms. The van der Waals surface area contributed by atoms with E-state index < -0.39 is 0 Å². The van der Waals surface area contributed by atoms with E-state index in [4.69, 9.17) is 9.47 Å². The van der Waals surface area contributed by atoms with E-state index in [-0.39, 0.29) is 18.3 Å². The van der Waals surface area contributed by atoms with E-state index in [2.05, 4.69) is 6.58 Å². The molecule has 2 rings (SSSR count). The van der Waals surface area contributed by atoms with Crippen LogP contribution in [0.2, 0.25) is 0 Å². The molecule has 19 heavy (non-hydrogen) atoms. The number of hydrogen-bond acceptors (Lipinski definition) is 3. The van der Waals surface area contributed by atoms with E-state index in [0.29, 0.717) is 13.0 Å². The number of carbonyl (C=O) groups is 1. The van der Waals surface area contributed by atoms with Crippen molar-refractivity contribution in [2.75, 3.05) is 0 Å². The van der Waals surface area contributed by atoms with Crippen molar-refractivity contribution < 1.29 is 14.3 Å². The summed E-state index contributed by atoms with van der Waals surface area (Å²) in [6, 6.07) is 10.1. The van der Waals surface area contributed by atoms with Crippen molar-refractivity contribution in [1.29, 1.82) is 0 Å². The number of hydrogen-bond donors (Lipinski definition) is 0. The standard InChI is InChI=1S/C16H20O3/c1-2-14-10-16(11-15(19-14)8-9-17)18-12-13-6-4-3-5-7-13/h2-7,9,14-16H,1,8,10-12H2/t14-,15+,16+/m0/s1. The van der Waals surface area contributed by atoms with Crippen LogP contribution >= 0.6 is 0 Å². The molecule has 1 aliphatic heterocycles. The summed E-state index contributed by atoms with van der Waals surface area (Å²) in [5, 5.41) is 0. The van der Waals surface area contributed by atoms with Crippen molar-refractivity contribution in [1.82, 2.24) is 0 Å². The van der Waals surface area contributed by atoms with Crippen LogP contribution in [-0.4, -0.2) is 24.6 Å². The van der Waals surface area contributed by atoms with Gasteiger partial charge < -0.3 is 14.3 Å². The predicted octanol–water partition coefficient (Wildman–Crippen LogP) is 2.89. The largest absolute Gasteiger partial charge is 0.373 e. The second-order valence-electron chi connectivity index (χ2n) is 4.82. The predicted molar refractivity (Wildman–Crippen MR) is 73.8 cm³/mol. The Hall–Kier alpha value is -1.45. The minimum atomic E-state index is -0.0463. The van der Waals surface area contributed by atoms with Gasteiger partial charge in [-0.2, -0.15) is 0 Å². The quantitative estimate of drug-likeness (QED) is 0.583. The molecule has 1 fully saturated rings. The molecule has 0 spiro atoms. The zero-order valence-electron chi connectivity index (χ0n) is 11.0. The van der Waals surface area contributed by atoms with Crippen LogP contribution in [0.4, 0.5) is 0 Å². The summed E-state index contributed by atoms with van der Waals surface area (Å²) in [6.07, 6.45) is 4.77. The van der Waals surface area contributed by atoms with Gasteiger partial charge in [-0.05, 0) is 5.56 Å². The maximum Gasteiger partial charge on any atom is 0.122 e. The van der Waals surface area contributed by atoms with Crippen LogP contribution in [0.1, 0.15) is 24.8 Å². The van der Waals surface area contributed by atoms with Gasteiger partial charge in [0, 0.05) is 19.3 Å². The van der Waals surface area contributed by atoms with Gasteiger partial charge in [0.15, 0.2) is 0 Å². The van der Waals surface area contributed by atoms with Crippen molar-refractivity contribution >= 4 is 6.29 Å². The van der Waals surface area contributed by atoms with E-state index >= 15 is 0 Å². The zero-order valence-corrected chi connectivity index (χ0v) is 11.0. The lowest BCUT2D eigenvalue weighted by Gasteiger charge is -2.33. The normalized spacial score (nSPS) is 26.8. The second kappa shape index (κ2) is 7.22. The molecular weight excluding hydrogens is 240 g/mol. The van der Waals surface area contributed by atoms with Crippen molar-refractivity contribution in [3.63, 3.8) is 0 Å². The van der Waals surface area contributed by atoms with Crippen LogP contribution in [-0.2, 0) is 20.9 Å². The van der Waals surface area contributed by atoms with Gasteiger partial charge >= 0.3 is 0 Å². The van der Waals surface area contributed by atoms with E-state index in [1.165, 1.54) is 0 Å². The van der Waals surface area contributed by atoms with Crippen LogP contribution in [0, 0.1) is 0 Å². The summed E-state index contributed by atoms with van der Waals surface area (Å²) < 4.78 is 11.7. The van der Waals surface area contributed by atoms with Crippen LogP contribution < -0.4 is 0 Å². The maximum atomic E-state index is 10.6. The summed E-state index contributed by atoms with van der Waals surface area (Å²) in [6.45, 7) is 4.36. The fourth-order valence-corrected chi connectivity index (χ4v) is 2.34. The van der Waals surface area contributed by atoms with Gasteiger partial charge in [0.1, 0.15) is 6.29 Å². The van der Waals surface area contributed by atoms with Crippen LogP contribution in [0.3, 0.4) is 0 Å². The lowest BCUT2D eigenvalue weighted by atomic mass is 9.99. The molecule has 0 radical (unpaired) electrons. The van der Waals surface area contributed by atoms with Crippen molar-refractivity contribution in [2.24, 2.45) is 0 Å². The first-order chi connectivity index (χ1) is 9.31. The minimum Gasteiger partial charge on any atom is -0.373 e. The first kappa shape index (κ1) is 14.0. The van der Waals surface area contributed by atoms with Crippen molar-refractivity contribution in [3.8, 4) is 0 Å². The molecule has 0 unspecified atom stereocenters. The Morgan fingerprint density at radius 1 is 1.32 bits per heavy atom. The highest BCUT2D eigenvalue weighted by atomic mass is 16.5. The molecule has 0 saturated carbocycles. The minimum absolute atomic E-state index is 0.0144. The van der Waals surface area contributed by atoms with Crippen LogP contribution in [0.25, 0.3) is 0 Å². The Bertz CT molecular complexity index is 402. The molecule has 0 aromatic heterocycles. The number of rotatable bonds is 6. The van der Waals surface area contributed by atoms with Gasteiger partial charge in [-0.15, -0.1) is 6.58 Å². The van der Waals surface area contributed by atoms with E-state index in [0.717, 1.165) is 24.7 Å². The second-order valence-corrected chi connectivity index (χ2v) is 4.82. The molecule has 0 amide bonds. The lowest BCUT2D eigenvalue weighted by molar-refractivity contribution is -0.122. The molecule has 1 aromatic carbocycles. The van der Waals surface area contributed by atoms with Gasteiger partial charge in [0.05, 0.1) is 24.9 Å². The molecule has 3 atom stereocenters.